The minimum Gasteiger partial charge on any atom is -0.480 e. The first kappa shape index (κ1) is 11.9. The van der Waals surface area contributed by atoms with Gasteiger partial charge in [0.25, 0.3) is 0 Å². The van der Waals surface area contributed by atoms with E-state index < -0.39 is 5.97 Å². The molecule has 0 rings (SSSR count). The zero-order chi connectivity index (χ0) is 10.1. The van der Waals surface area contributed by atoms with Crippen molar-refractivity contribution >= 4 is 5.97 Å². The first-order valence-electron chi connectivity index (χ1n) is 4.37. The van der Waals surface area contributed by atoms with Crippen molar-refractivity contribution < 1.29 is 9.90 Å². The van der Waals surface area contributed by atoms with Crippen LogP contribution in [0.2, 0.25) is 0 Å². The van der Waals surface area contributed by atoms with Crippen LogP contribution in [0.3, 0.4) is 0 Å². The summed E-state index contributed by atoms with van der Waals surface area (Å²) in [6.07, 6.45) is 7.74. The average Bonchev–Trinajstić information content (AvgIpc) is 2.09. The van der Waals surface area contributed by atoms with Gasteiger partial charge >= 0.3 is 5.97 Å². The van der Waals surface area contributed by atoms with Gasteiger partial charge in [-0.05, 0) is 13.8 Å². The Morgan fingerprint density at radius 1 is 1.23 bits per heavy atom. The molecule has 0 aromatic heterocycles. The molecule has 0 radical (unpaired) electrons. The summed E-state index contributed by atoms with van der Waals surface area (Å²) in [5, 5.41) is 8.59. The molecule has 0 aliphatic rings. The summed E-state index contributed by atoms with van der Waals surface area (Å²) in [5.74, 6) is -0.783. The van der Waals surface area contributed by atoms with Crippen molar-refractivity contribution in [3.8, 4) is 0 Å². The van der Waals surface area contributed by atoms with Gasteiger partial charge in [0.2, 0.25) is 0 Å². The van der Waals surface area contributed by atoms with E-state index in [1.807, 2.05) is 43.1 Å². The Labute approximate surface area is 79.4 Å². The predicted molar refractivity (Wildman–Crippen MR) is 53.7 cm³/mol. The summed E-state index contributed by atoms with van der Waals surface area (Å²) in [6.45, 7) is 5.32. The molecule has 3 heteroatoms. The van der Waals surface area contributed by atoms with Gasteiger partial charge in [-0.15, -0.1) is 0 Å². The molecule has 74 valence electrons. The Morgan fingerprint density at radius 3 is 2.00 bits per heavy atom. The second-order valence-electron chi connectivity index (χ2n) is 2.73. The van der Waals surface area contributed by atoms with Crippen LogP contribution in [0.4, 0.5) is 0 Å². The molecule has 0 bridgehead atoms. The van der Waals surface area contributed by atoms with Gasteiger partial charge in [0.15, 0.2) is 0 Å². The molecule has 0 amide bonds. The number of carboxylic acids is 1. The largest absolute Gasteiger partial charge is 0.480 e. The van der Waals surface area contributed by atoms with Crippen molar-refractivity contribution in [3.63, 3.8) is 0 Å². The topological polar surface area (TPSA) is 40.5 Å². The summed E-state index contributed by atoms with van der Waals surface area (Å²) < 4.78 is 0. The van der Waals surface area contributed by atoms with E-state index in [-0.39, 0.29) is 6.54 Å². The van der Waals surface area contributed by atoms with Crippen LogP contribution in [0.25, 0.3) is 0 Å². The van der Waals surface area contributed by atoms with Crippen LogP contribution in [-0.4, -0.2) is 35.6 Å². The van der Waals surface area contributed by atoms with Crippen LogP contribution in [0.15, 0.2) is 24.3 Å². The summed E-state index contributed by atoms with van der Waals surface area (Å²) in [5.41, 5.74) is 0. The molecule has 0 spiro atoms. The average molecular weight is 183 g/mol. The van der Waals surface area contributed by atoms with Gasteiger partial charge in [-0.2, -0.15) is 0 Å². The summed E-state index contributed by atoms with van der Waals surface area (Å²) in [4.78, 5) is 12.3. The molecule has 0 unspecified atom stereocenters. The second-order valence-corrected chi connectivity index (χ2v) is 2.73. The third-order valence-corrected chi connectivity index (χ3v) is 1.56. The van der Waals surface area contributed by atoms with Gasteiger partial charge in [-0.1, -0.05) is 24.3 Å². The highest BCUT2D eigenvalue weighted by Crippen LogP contribution is 1.90. The van der Waals surface area contributed by atoms with E-state index in [4.69, 9.17) is 5.11 Å². The summed E-state index contributed by atoms with van der Waals surface area (Å²) in [6, 6.07) is 0. The number of carbonyl (C=O) groups is 1. The zero-order valence-electron chi connectivity index (χ0n) is 8.23. The van der Waals surface area contributed by atoms with Crippen molar-refractivity contribution in [2.45, 2.75) is 13.8 Å². The minimum absolute atomic E-state index is 0.0919. The molecule has 13 heavy (non-hydrogen) atoms. The fourth-order valence-corrected chi connectivity index (χ4v) is 0.904. The number of hydrogen-bond acceptors (Lipinski definition) is 2. The maximum Gasteiger partial charge on any atom is 0.317 e. The van der Waals surface area contributed by atoms with Gasteiger partial charge in [0, 0.05) is 13.1 Å². The van der Waals surface area contributed by atoms with E-state index in [2.05, 4.69) is 0 Å². The summed E-state index contributed by atoms with van der Waals surface area (Å²) in [7, 11) is 0. The maximum atomic E-state index is 10.4. The van der Waals surface area contributed by atoms with E-state index in [1.165, 1.54) is 0 Å². The smallest absolute Gasteiger partial charge is 0.317 e. The highest BCUT2D eigenvalue weighted by Gasteiger charge is 2.04. The van der Waals surface area contributed by atoms with Gasteiger partial charge in [0.1, 0.15) is 0 Å². The molecular formula is C10H17NO2. The molecule has 0 saturated carbocycles. The second kappa shape index (κ2) is 7.55. The molecule has 0 atom stereocenters. The fraction of sp³-hybridized carbons (Fsp3) is 0.500. The van der Waals surface area contributed by atoms with Gasteiger partial charge in [-0.25, -0.2) is 0 Å². The standard InChI is InChI=1S/C10H17NO2/c1-3-5-7-11(8-6-4-2)9-10(12)13/h3-6H,7-9H2,1-2H3,(H,12,13)/b5-3+,6-4+. The lowest BCUT2D eigenvalue weighted by Crippen LogP contribution is -2.30. The molecule has 0 aliphatic heterocycles. The van der Waals surface area contributed by atoms with Crippen molar-refractivity contribution in [2.24, 2.45) is 0 Å². The number of nitrogens with zero attached hydrogens (tertiary/aromatic N) is 1. The lowest BCUT2D eigenvalue weighted by atomic mass is 10.4. The van der Waals surface area contributed by atoms with Crippen LogP contribution in [-0.2, 0) is 4.79 Å². The first-order chi connectivity index (χ1) is 6.20. The third kappa shape index (κ3) is 7.28. The van der Waals surface area contributed by atoms with Gasteiger partial charge in [-0.3, -0.25) is 9.69 Å². The number of carboxylic acid groups (broad SMARTS) is 1. The van der Waals surface area contributed by atoms with Crippen LogP contribution in [0, 0.1) is 0 Å². The lowest BCUT2D eigenvalue weighted by Gasteiger charge is -2.15. The van der Waals surface area contributed by atoms with Crippen molar-refractivity contribution in [1.29, 1.82) is 0 Å². The molecule has 1 N–H and O–H groups in total. The minimum atomic E-state index is -0.783. The van der Waals surface area contributed by atoms with E-state index >= 15 is 0 Å². The molecular weight excluding hydrogens is 166 g/mol. The predicted octanol–water partition coefficient (Wildman–Crippen LogP) is 1.53. The summed E-state index contributed by atoms with van der Waals surface area (Å²) >= 11 is 0. The van der Waals surface area contributed by atoms with Crippen LogP contribution >= 0.6 is 0 Å². The molecule has 0 fully saturated rings. The monoisotopic (exact) mass is 183 g/mol. The molecule has 3 nitrogen and oxygen atoms in total. The van der Waals surface area contributed by atoms with E-state index in [9.17, 15) is 4.79 Å². The zero-order valence-corrected chi connectivity index (χ0v) is 8.23. The highest BCUT2D eigenvalue weighted by molar-refractivity contribution is 5.69. The van der Waals surface area contributed by atoms with Crippen LogP contribution in [0.5, 0.6) is 0 Å². The molecule has 0 saturated heterocycles. The number of aliphatic carboxylic acids is 1. The van der Waals surface area contributed by atoms with Gasteiger partial charge in [0.05, 0.1) is 6.54 Å². The molecule has 0 aliphatic carbocycles. The van der Waals surface area contributed by atoms with Crippen LogP contribution in [0.1, 0.15) is 13.8 Å². The number of rotatable bonds is 6. The van der Waals surface area contributed by atoms with Crippen LogP contribution < -0.4 is 0 Å². The van der Waals surface area contributed by atoms with Crippen molar-refractivity contribution in [2.75, 3.05) is 19.6 Å². The Morgan fingerprint density at radius 2 is 1.69 bits per heavy atom. The fourth-order valence-electron chi connectivity index (χ4n) is 0.904. The van der Waals surface area contributed by atoms with Gasteiger partial charge < -0.3 is 5.11 Å². The molecule has 0 heterocycles. The number of allylic oxidation sites excluding steroid dienone is 2. The van der Waals surface area contributed by atoms with E-state index in [1.54, 1.807) is 0 Å². The SMILES string of the molecule is C/C=C/CN(C/C=C/C)CC(=O)O. The van der Waals surface area contributed by atoms with Crippen molar-refractivity contribution in [3.05, 3.63) is 24.3 Å². The van der Waals surface area contributed by atoms with E-state index in [0.717, 1.165) is 0 Å². The Bertz CT molecular complexity index is 183. The normalized spacial score (nSPS) is 11.9. The van der Waals surface area contributed by atoms with Crippen molar-refractivity contribution in [1.82, 2.24) is 4.90 Å². The first-order valence-corrected chi connectivity index (χ1v) is 4.37. The third-order valence-electron chi connectivity index (χ3n) is 1.56. The Balaban J connectivity index is 3.93. The van der Waals surface area contributed by atoms with E-state index in [0.29, 0.717) is 13.1 Å². The lowest BCUT2D eigenvalue weighted by molar-refractivity contribution is -0.138. The quantitative estimate of drug-likeness (QED) is 0.635. The molecule has 0 aromatic rings. The maximum absolute atomic E-state index is 10.4. The number of hydrogen-bond donors (Lipinski definition) is 1. The Kier molecular flexibility index (Phi) is 6.92. The highest BCUT2D eigenvalue weighted by atomic mass is 16.4. The molecule has 0 aromatic carbocycles. The Hall–Kier alpha value is -1.09.